The molecule has 1 aliphatic heterocycles. The first-order chi connectivity index (χ1) is 7.29. The van der Waals surface area contributed by atoms with Gasteiger partial charge >= 0.3 is 0 Å². The fourth-order valence-electron chi connectivity index (χ4n) is 2.69. The minimum atomic E-state index is 0.828. The van der Waals surface area contributed by atoms with Crippen molar-refractivity contribution in [3.05, 3.63) is 0 Å². The summed E-state index contributed by atoms with van der Waals surface area (Å²) in [6.07, 6.45) is 6.84. The lowest BCUT2D eigenvalue weighted by molar-refractivity contribution is 0.195. The molecule has 0 aliphatic carbocycles. The van der Waals surface area contributed by atoms with Crippen molar-refractivity contribution in [1.82, 2.24) is 10.2 Å². The summed E-state index contributed by atoms with van der Waals surface area (Å²) in [5.41, 5.74) is 0. The van der Waals surface area contributed by atoms with Crippen molar-refractivity contribution in [3.63, 3.8) is 0 Å². The Morgan fingerprint density at radius 3 is 2.67 bits per heavy atom. The van der Waals surface area contributed by atoms with E-state index in [1.54, 1.807) is 0 Å². The second-order valence-corrected chi connectivity index (χ2v) is 4.79. The molecule has 1 fully saturated rings. The van der Waals surface area contributed by atoms with Crippen LogP contribution < -0.4 is 5.32 Å². The first-order valence-electron chi connectivity index (χ1n) is 6.76. The van der Waals surface area contributed by atoms with Gasteiger partial charge in [-0.25, -0.2) is 0 Å². The first kappa shape index (κ1) is 13.0. The van der Waals surface area contributed by atoms with Gasteiger partial charge in [-0.05, 0) is 58.7 Å². The van der Waals surface area contributed by atoms with Gasteiger partial charge in [0.25, 0.3) is 0 Å². The monoisotopic (exact) mass is 212 g/mol. The van der Waals surface area contributed by atoms with Gasteiger partial charge < -0.3 is 5.32 Å². The van der Waals surface area contributed by atoms with E-state index in [9.17, 15) is 0 Å². The van der Waals surface area contributed by atoms with Crippen LogP contribution >= 0.6 is 0 Å². The summed E-state index contributed by atoms with van der Waals surface area (Å²) < 4.78 is 0. The topological polar surface area (TPSA) is 15.3 Å². The Bertz CT molecular complexity index is 159. The highest BCUT2D eigenvalue weighted by atomic mass is 15.2. The third kappa shape index (κ3) is 4.12. The molecular weight excluding hydrogens is 184 g/mol. The number of rotatable bonds is 7. The van der Waals surface area contributed by atoms with E-state index in [0.717, 1.165) is 18.6 Å². The molecule has 0 saturated carbocycles. The number of likely N-dealkylation sites (tertiary alicyclic amines) is 1. The van der Waals surface area contributed by atoms with Crippen LogP contribution in [0.1, 0.15) is 52.9 Å². The number of nitrogens with zero attached hydrogens (tertiary/aromatic N) is 1. The third-order valence-electron chi connectivity index (χ3n) is 3.69. The molecule has 0 aromatic heterocycles. The van der Waals surface area contributed by atoms with Gasteiger partial charge in [0.2, 0.25) is 0 Å². The molecule has 2 heteroatoms. The van der Waals surface area contributed by atoms with Crippen LogP contribution in [-0.4, -0.2) is 36.6 Å². The molecular formula is C13H28N2. The van der Waals surface area contributed by atoms with Gasteiger partial charge in [0.15, 0.2) is 0 Å². The second-order valence-electron chi connectivity index (χ2n) is 4.79. The predicted octanol–water partition coefficient (Wildman–Crippen LogP) is 2.64. The predicted molar refractivity (Wildman–Crippen MR) is 67.3 cm³/mol. The molecule has 0 radical (unpaired) electrons. The van der Waals surface area contributed by atoms with E-state index < -0.39 is 0 Å². The zero-order chi connectivity index (χ0) is 11.1. The molecule has 0 bridgehead atoms. The molecule has 1 N–H and O–H groups in total. The van der Waals surface area contributed by atoms with E-state index in [-0.39, 0.29) is 0 Å². The average Bonchev–Trinajstić information content (AvgIpc) is 2.60. The fourth-order valence-corrected chi connectivity index (χ4v) is 2.69. The molecule has 2 unspecified atom stereocenters. The largest absolute Gasteiger partial charge is 0.317 e. The van der Waals surface area contributed by atoms with E-state index in [4.69, 9.17) is 0 Å². The Morgan fingerprint density at radius 2 is 2.00 bits per heavy atom. The molecule has 0 amide bonds. The molecule has 90 valence electrons. The van der Waals surface area contributed by atoms with E-state index in [1.807, 2.05) is 0 Å². The lowest BCUT2D eigenvalue weighted by atomic mass is 10.1. The molecule has 0 spiro atoms. The average molecular weight is 212 g/mol. The van der Waals surface area contributed by atoms with Crippen LogP contribution in [0.5, 0.6) is 0 Å². The summed E-state index contributed by atoms with van der Waals surface area (Å²) in [6.45, 7) is 10.5. The van der Waals surface area contributed by atoms with Crippen LogP contribution in [0.2, 0.25) is 0 Å². The van der Waals surface area contributed by atoms with Crippen LogP contribution in [0, 0.1) is 0 Å². The lowest BCUT2D eigenvalue weighted by Gasteiger charge is -2.27. The summed E-state index contributed by atoms with van der Waals surface area (Å²) in [7, 11) is 0. The van der Waals surface area contributed by atoms with E-state index >= 15 is 0 Å². The Morgan fingerprint density at radius 1 is 1.20 bits per heavy atom. The second kappa shape index (κ2) is 7.24. The summed E-state index contributed by atoms with van der Waals surface area (Å²) >= 11 is 0. The van der Waals surface area contributed by atoms with Gasteiger partial charge in [-0.2, -0.15) is 0 Å². The standard InChI is InChI=1S/C13H28N2/c1-4-13-9-8-12(3)15(13)11-7-6-10-14-5-2/h12-14H,4-11H2,1-3H3. The molecule has 0 aromatic carbocycles. The molecule has 2 nitrogen and oxygen atoms in total. The van der Waals surface area contributed by atoms with Gasteiger partial charge in [0, 0.05) is 12.1 Å². The Balaban J connectivity index is 2.13. The van der Waals surface area contributed by atoms with Crippen molar-refractivity contribution in [2.75, 3.05) is 19.6 Å². The summed E-state index contributed by atoms with van der Waals surface area (Å²) in [5.74, 6) is 0. The van der Waals surface area contributed by atoms with Crippen LogP contribution in [0.4, 0.5) is 0 Å². The molecule has 1 heterocycles. The minimum absolute atomic E-state index is 0.828. The zero-order valence-electron chi connectivity index (χ0n) is 10.8. The Labute approximate surface area is 95.4 Å². The van der Waals surface area contributed by atoms with Gasteiger partial charge in [0.1, 0.15) is 0 Å². The van der Waals surface area contributed by atoms with Crippen molar-refractivity contribution >= 4 is 0 Å². The van der Waals surface area contributed by atoms with E-state index in [2.05, 4.69) is 31.0 Å². The van der Waals surface area contributed by atoms with Crippen LogP contribution in [-0.2, 0) is 0 Å². The number of unbranched alkanes of at least 4 members (excludes halogenated alkanes) is 1. The number of nitrogens with one attached hydrogen (secondary N) is 1. The maximum atomic E-state index is 3.39. The zero-order valence-corrected chi connectivity index (χ0v) is 10.8. The van der Waals surface area contributed by atoms with Crippen molar-refractivity contribution in [1.29, 1.82) is 0 Å². The smallest absolute Gasteiger partial charge is 0.00960 e. The molecule has 0 aromatic rings. The summed E-state index contributed by atoms with van der Waals surface area (Å²) in [6, 6.07) is 1.70. The molecule has 1 rings (SSSR count). The molecule has 15 heavy (non-hydrogen) atoms. The first-order valence-corrected chi connectivity index (χ1v) is 6.76. The number of hydrogen-bond donors (Lipinski definition) is 1. The van der Waals surface area contributed by atoms with Crippen molar-refractivity contribution in [3.8, 4) is 0 Å². The highest BCUT2D eigenvalue weighted by Gasteiger charge is 2.28. The fraction of sp³-hybridized carbons (Fsp3) is 1.00. The van der Waals surface area contributed by atoms with E-state index in [1.165, 1.54) is 45.2 Å². The van der Waals surface area contributed by atoms with Crippen LogP contribution in [0.3, 0.4) is 0 Å². The third-order valence-corrected chi connectivity index (χ3v) is 3.69. The van der Waals surface area contributed by atoms with Crippen LogP contribution in [0.25, 0.3) is 0 Å². The van der Waals surface area contributed by atoms with E-state index in [0.29, 0.717) is 0 Å². The number of hydrogen-bond acceptors (Lipinski definition) is 2. The lowest BCUT2D eigenvalue weighted by Crippen LogP contribution is -2.35. The quantitative estimate of drug-likeness (QED) is 0.653. The van der Waals surface area contributed by atoms with Crippen molar-refractivity contribution in [2.45, 2.75) is 65.0 Å². The summed E-state index contributed by atoms with van der Waals surface area (Å²) in [4.78, 5) is 2.73. The Hall–Kier alpha value is -0.0800. The molecule has 1 saturated heterocycles. The van der Waals surface area contributed by atoms with Gasteiger partial charge in [-0.15, -0.1) is 0 Å². The highest BCUT2D eigenvalue weighted by Crippen LogP contribution is 2.25. The summed E-state index contributed by atoms with van der Waals surface area (Å²) in [5, 5.41) is 3.39. The van der Waals surface area contributed by atoms with Crippen LogP contribution in [0.15, 0.2) is 0 Å². The van der Waals surface area contributed by atoms with Gasteiger partial charge in [0.05, 0.1) is 0 Å². The normalized spacial score (nSPS) is 27.4. The van der Waals surface area contributed by atoms with Crippen molar-refractivity contribution < 1.29 is 0 Å². The van der Waals surface area contributed by atoms with Crippen molar-refractivity contribution in [2.24, 2.45) is 0 Å². The maximum absolute atomic E-state index is 3.39. The molecule has 2 atom stereocenters. The van der Waals surface area contributed by atoms with Gasteiger partial charge in [-0.3, -0.25) is 4.90 Å². The SMILES string of the molecule is CCNCCCCN1C(C)CCC1CC. The highest BCUT2D eigenvalue weighted by molar-refractivity contribution is 4.83. The maximum Gasteiger partial charge on any atom is 0.00960 e. The minimum Gasteiger partial charge on any atom is -0.317 e. The van der Waals surface area contributed by atoms with Gasteiger partial charge in [-0.1, -0.05) is 13.8 Å². The molecule has 1 aliphatic rings. The Kier molecular flexibility index (Phi) is 6.26.